The number of guanidine groups is 1. The lowest BCUT2D eigenvalue weighted by Gasteiger charge is -2.42. The lowest BCUT2D eigenvalue weighted by atomic mass is 9.80. The van der Waals surface area contributed by atoms with Crippen molar-refractivity contribution >= 4 is 5.96 Å². The summed E-state index contributed by atoms with van der Waals surface area (Å²) < 4.78 is 0. The summed E-state index contributed by atoms with van der Waals surface area (Å²) >= 11 is 0. The van der Waals surface area contributed by atoms with Gasteiger partial charge in [0.25, 0.3) is 0 Å². The van der Waals surface area contributed by atoms with Gasteiger partial charge >= 0.3 is 0 Å². The summed E-state index contributed by atoms with van der Waals surface area (Å²) in [6.45, 7) is 1.84. The van der Waals surface area contributed by atoms with Crippen LogP contribution in [-0.2, 0) is 6.54 Å². The van der Waals surface area contributed by atoms with Crippen molar-refractivity contribution in [1.82, 2.24) is 4.90 Å². The third-order valence-corrected chi connectivity index (χ3v) is 5.46. The maximum absolute atomic E-state index is 6.19. The molecule has 2 fully saturated rings. The molecule has 3 aliphatic rings. The summed E-state index contributed by atoms with van der Waals surface area (Å²) in [6.07, 6.45) is 5.49. The Kier molecular flexibility index (Phi) is 2.38. The van der Waals surface area contributed by atoms with Crippen molar-refractivity contribution in [1.29, 1.82) is 0 Å². The van der Waals surface area contributed by atoms with Gasteiger partial charge in [-0.3, -0.25) is 4.99 Å². The molecule has 2 saturated carbocycles. The molecular formula is C16H21N3. The molecule has 3 heteroatoms. The molecule has 19 heavy (non-hydrogen) atoms. The molecule has 3 atom stereocenters. The zero-order valence-corrected chi connectivity index (χ0v) is 11.3. The summed E-state index contributed by atoms with van der Waals surface area (Å²) in [5.41, 5.74) is 7.78. The van der Waals surface area contributed by atoms with E-state index in [4.69, 9.17) is 5.73 Å². The third kappa shape index (κ3) is 1.60. The van der Waals surface area contributed by atoms with Gasteiger partial charge in [0, 0.05) is 6.54 Å². The standard InChI is InChI=1S/C16H21N3/c17-15-18-11-16(9-13-6-7-14(16)8-13)19(15)10-12-4-2-1-3-5-12/h1-5,13-14H,6-11H2,(H2,17,18). The van der Waals surface area contributed by atoms with Gasteiger partial charge in [-0.25, -0.2) is 0 Å². The second kappa shape index (κ2) is 3.99. The highest BCUT2D eigenvalue weighted by atomic mass is 15.4. The van der Waals surface area contributed by atoms with Crippen LogP contribution in [0.25, 0.3) is 0 Å². The second-order valence-corrected chi connectivity index (χ2v) is 6.43. The van der Waals surface area contributed by atoms with Gasteiger partial charge in [0.15, 0.2) is 5.96 Å². The number of aliphatic imine (C=N–C) groups is 1. The average Bonchev–Trinajstić information content (AvgIpc) is 3.11. The molecule has 1 heterocycles. The predicted molar refractivity (Wildman–Crippen MR) is 76.7 cm³/mol. The van der Waals surface area contributed by atoms with E-state index in [2.05, 4.69) is 40.2 Å². The Bertz CT molecular complexity index is 510. The van der Waals surface area contributed by atoms with Gasteiger partial charge in [-0.2, -0.15) is 0 Å². The van der Waals surface area contributed by atoms with Crippen LogP contribution in [0.4, 0.5) is 0 Å². The van der Waals surface area contributed by atoms with Crippen molar-refractivity contribution in [3.8, 4) is 0 Å². The molecule has 4 rings (SSSR count). The molecule has 0 saturated heterocycles. The van der Waals surface area contributed by atoms with Crippen LogP contribution in [0.5, 0.6) is 0 Å². The molecule has 2 bridgehead atoms. The smallest absolute Gasteiger partial charge is 0.192 e. The van der Waals surface area contributed by atoms with Crippen LogP contribution in [-0.4, -0.2) is 22.9 Å². The maximum atomic E-state index is 6.19. The Morgan fingerprint density at radius 2 is 2.11 bits per heavy atom. The van der Waals surface area contributed by atoms with E-state index in [9.17, 15) is 0 Å². The molecule has 100 valence electrons. The minimum absolute atomic E-state index is 0.253. The highest BCUT2D eigenvalue weighted by Gasteiger charge is 2.56. The topological polar surface area (TPSA) is 41.6 Å². The van der Waals surface area contributed by atoms with E-state index in [0.29, 0.717) is 0 Å². The first-order valence-corrected chi connectivity index (χ1v) is 7.39. The molecule has 0 aromatic heterocycles. The molecule has 1 aliphatic heterocycles. The summed E-state index contributed by atoms with van der Waals surface area (Å²) in [6, 6.07) is 10.6. The minimum Gasteiger partial charge on any atom is -0.370 e. The van der Waals surface area contributed by atoms with Crippen LogP contribution in [0.3, 0.4) is 0 Å². The van der Waals surface area contributed by atoms with E-state index in [1.165, 1.54) is 31.2 Å². The highest BCUT2D eigenvalue weighted by Crippen LogP contribution is 2.55. The van der Waals surface area contributed by atoms with Crippen molar-refractivity contribution in [2.45, 2.75) is 37.8 Å². The summed E-state index contributed by atoms with van der Waals surface area (Å²) in [5.74, 6) is 2.49. The van der Waals surface area contributed by atoms with E-state index in [-0.39, 0.29) is 5.54 Å². The van der Waals surface area contributed by atoms with Gasteiger partial charge in [-0.05, 0) is 43.1 Å². The van der Waals surface area contributed by atoms with Crippen molar-refractivity contribution in [2.24, 2.45) is 22.6 Å². The molecular weight excluding hydrogens is 234 g/mol. The predicted octanol–water partition coefficient (Wildman–Crippen LogP) is 2.38. The molecule has 0 radical (unpaired) electrons. The molecule has 3 nitrogen and oxygen atoms in total. The highest BCUT2D eigenvalue weighted by molar-refractivity contribution is 5.81. The van der Waals surface area contributed by atoms with E-state index < -0.39 is 0 Å². The third-order valence-electron chi connectivity index (χ3n) is 5.46. The van der Waals surface area contributed by atoms with Gasteiger partial charge in [0.2, 0.25) is 0 Å². The van der Waals surface area contributed by atoms with Crippen LogP contribution in [0.1, 0.15) is 31.2 Å². The Hall–Kier alpha value is -1.51. The second-order valence-electron chi connectivity index (χ2n) is 6.43. The number of nitrogens with two attached hydrogens (primary N) is 1. The Morgan fingerprint density at radius 1 is 1.26 bits per heavy atom. The van der Waals surface area contributed by atoms with Crippen molar-refractivity contribution in [2.75, 3.05) is 6.54 Å². The quantitative estimate of drug-likeness (QED) is 0.881. The number of fused-ring (bicyclic) bond motifs is 3. The maximum Gasteiger partial charge on any atom is 0.192 e. The summed E-state index contributed by atoms with van der Waals surface area (Å²) in [4.78, 5) is 7.00. The van der Waals surface area contributed by atoms with Gasteiger partial charge in [0.1, 0.15) is 0 Å². The lowest BCUT2D eigenvalue weighted by Crippen LogP contribution is -2.54. The van der Waals surface area contributed by atoms with Crippen molar-refractivity contribution in [3.63, 3.8) is 0 Å². The first kappa shape index (κ1) is 11.3. The van der Waals surface area contributed by atoms with E-state index in [0.717, 1.165) is 30.9 Å². The van der Waals surface area contributed by atoms with Crippen LogP contribution in [0, 0.1) is 11.8 Å². The molecule has 1 aromatic carbocycles. The van der Waals surface area contributed by atoms with Crippen LogP contribution < -0.4 is 5.73 Å². The van der Waals surface area contributed by atoms with Gasteiger partial charge in [0.05, 0.1) is 12.1 Å². The minimum atomic E-state index is 0.253. The first-order valence-electron chi connectivity index (χ1n) is 7.39. The molecule has 2 aliphatic carbocycles. The fourth-order valence-corrected chi connectivity index (χ4v) is 4.56. The Labute approximate surface area is 114 Å². The molecule has 1 aromatic rings. The van der Waals surface area contributed by atoms with Gasteiger partial charge in [-0.1, -0.05) is 30.3 Å². The SMILES string of the molecule is NC1=NCC2(CC3CCC2C3)N1Cc1ccccc1. The lowest BCUT2D eigenvalue weighted by molar-refractivity contribution is 0.117. The summed E-state index contributed by atoms with van der Waals surface area (Å²) in [7, 11) is 0. The molecule has 0 amide bonds. The average molecular weight is 255 g/mol. The number of hydrogen-bond donors (Lipinski definition) is 1. The largest absolute Gasteiger partial charge is 0.370 e. The number of nitrogens with zero attached hydrogens (tertiary/aromatic N) is 2. The zero-order valence-electron chi connectivity index (χ0n) is 11.3. The molecule has 1 spiro atoms. The van der Waals surface area contributed by atoms with Crippen LogP contribution >= 0.6 is 0 Å². The van der Waals surface area contributed by atoms with Crippen molar-refractivity contribution in [3.05, 3.63) is 35.9 Å². The zero-order chi connectivity index (χ0) is 12.9. The van der Waals surface area contributed by atoms with E-state index in [1.807, 2.05) is 0 Å². The van der Waals surface area contributed by atoms with Crippen molar-refractivity contribution < 1.29 is 0 Å². The Balaban J connectivity index is 1.63. The summed E-state index contributed by atoms with van der Waals surface area (Å²) in [5, 5.41) is 0. The number of hydrogen-bond acceptors (Lipinski definition) is 3. The van der Waals surface area contributed by atoms with E-state index in [1.54, 1.807) is 0 Å². The van der Waals surface area contributed by atoms with Crippen LogP contribution in [0.2, 0.25) is 0 Å². The Morgan fingerprint density at radius 3 is 2.79 bits per heavy atom. The first-order chi connectivity index (χ1) is 9.28. The fourth-order valence-electron chi connectivity index (χ4n) is 4.56. The number of benzene rings is 1. The fraction of sp³-hybridized carbons (Fsp3) is 0.562. The molecule has 2 N–H and O–H groups in total. The number of rotatable bonds is 2. The van der Waals surface area contributed by atoms with Crippen LogP contribution in [0.15, 0.2) is 35.3 Å². The van der Waals surface area contributed by atoms with E-state index >= 15 is 0 Å². The normalized spacial score (nSPS) is 36.2. The monoisotopic (exact) mass is 255 g/mol. The van der Waals surface area contributed by atoms with Gasteiger partial charge < -0.3 is 10.6 Å². The molecule has 3 unspecified atom stereocenters. The van der Waals surface area contributed by atoms with Gasteiger partial charge in [-0.15, -0.1) is 0 Å².